The van der Waals surface area contributed by atoms with Gasteiger partial charge in [0, 0.05) is 4.88 Å². The lowest BCUT2D eigenvalue weighted by Crippen LogP contribution is -2.47. The predicted molar refractivity (Wildman–Crippen MR) is 67.5 cm³/mol. The first-order valence-corrected chi connectivity index (χ1v) is 6.22. The van der Waals surface area contributed by atoms with Crippen molar-refractivity contribution in [2.24, 2.45) is 5.73 Å². The van der Waals surface area contributed by atoms with Crippen molar-refractivity contribution in [2.75, 3.05) is 0 Å². The summed E-state index contributed by atoms with van der Waals surface area (Å²) < 4.78 is 0. The Kier molecular flexibility index (Phi) is 5.24. The molecule has 5 N–H and O–H groups in total. The summed E-state index contributed by atoms with van der Waals surface area (Å²) >= 11 is 1.38. The summed E-state index contributed by atoms with van der Waals surface area (Å²) in [4.78, 5) is 37.8. The van der Waals surface area contributed by atoms with E-state index in [0.29, 0.717) is 0 Å². The number of aliphatic carboxylic acids is 1. The maximum Gasteiger partial charge on any atom is 0.326 e. The summed E-state index contributed by atoms with van der Waals surface area (Å²) in [5, 5.41) is 13.5. The fourth-order valence-electron chi connectivity index (χ4n) is 1.27. The van der Waals surface area contributed by atoms with Gasteiger partial charge in [0.1, 0.15) is 6.04 Å². The molecule has 1 unspecified atom stereocenters. The lowest BCUT2D eigenvalue weighted by atomic mass is 10.2. The Bertz CT molecular complexity index is 488. The van der Waals surface area contributed by atoms with Crippen molar-refractivity contribution in [3.63, 3.8) is 0 Å². The van der Waals surface area contributed by atoms with E-state index in [9.17, 15) is 14.4 Å². The first kappa shape index (κ1) is 14.9. The summed E-state index contributed by atoms with van der Waals surface area (Å²) in [5.74, 6) is -2.12. The number of primary amides is 1. The van der Waals surface area contributed by atoms with E-state index >= 15 is 0 Å². The lowest BCUT2D eigenvalue weighted by Gasteiger charge is -2.13. The zero-order valence-corrected chi connectivity index (χ0v) is 11.0. The fourth-order valence-corrected chi connectivity index (χ4v) is 1.98. The van der Waals surface area contributed by atoms with Gasteiger partial charge in [0.05, 0.1) is 24.2 Å². The maximum atomic E-state index is 11.5. The summed E-state index contributed by atoms with van der Waals surface area (Å²) in [5.41, 5.74) is 7.35. The molecule has 9 heteroatoms. The Balaban J connectivity index is 2.47. The van der Waals surface area contributed by atoms with Crippen molar-refractivity contribution in [1.82, 2.24) is 15.6 Å². The molecule has 0 spiro atoms. The molecule has 0 saturated heterocycles. The Labute approximate surface area is 113 Å². The highest BCUT2D eigenvalue weighted by atomic mass is 32.1. The van der Waals surface area contributed by atoms with E-state index in [1.165, 1.54) is 11.3 Å². The third kappa shape index (κ3) is 4.92. The van der Waals surface area contributed by atoms with Gasteiger partial charge in [-0.2, -0.15) is 0 Å². The number of urea groups is 1. The molecule has 0 bridgehead atoms. The number of carboxylic acid groups (broad SMARTS) is 1. The molecule has 1 atom stereocenters. The number of carbonyl (C=O) groups excluding carboxylic acids is 2. The van der Waals surface area contributed by atoms with Gasteiger partial charge in [0.25, 0.3) is 0 Å². The highest BCUT2D eigenvalue weighted by molar-refractivity contribution is 7.09. The molecule has 0 saturated carbocycles. The highest BCUT2D eigenvalue weighted by Crippen LogP contribution is 2.10. The molecular weight excluding hydrogens is 272 g/mol. The van der Waals surface area contributed by atoms with Crippen molar-refractivity contribution in [1.29, 1.82) is 0 Å². The van der Waals surface area contributed by atoms with Crippen LogP contribution < -0.4 is 16.4 Å². The summed E-state index contributed by atoms with van der Waals surface area (Å²) in [6, 6.07) is -2.01. The number of aryl methyl sites for hydroxylation is 1. The molecule has 0 radical (unpaired) electrons. The molecule has 19 heavy (non-hydrogen) atoms. The molecule has 0 aliphatic rings. The molecule has 1 aromatic heterocycles. The van der Waals surface area contributed by atoms with Crippen LogP contribution >= 0.6 is 11.3 Å². The standard InChI is InChI=1S/C10H14N4O4S/c1-5-7(19-4-13-5)3-12-10(18)14-6(9(16)17)2-8(11)15/h4,6H,2-3H2,1H3,(H2,11,15)(H,16,17)(H2,12,14,18). The molecule has 1 rings (SSSR count). The topological polar surface area (TPSA) is 134 Å². The number of hydrogen-bond donors (Lipinski definition) is 4. The SMILES string of the molecule is Cc1ncsc1CNC(=O)NC(CC(N)=O)C(=O)O. The Morgan fingerprint density at radius 3 is 2.68 bits per heavy atom. The minimum Gasteiger partial charge on any atom is -0.480 e. The minimum absolute atomic E-state index is 0.241. The second-order valence-corrected chi connectivity index (χ2v) is 4.69. The van der Waals surface area contributed by atoms with Gasteiger partial charge in [0.15, 0.2) is 0 Å². The second kappa shape index (κ2) is 6.69. The number of nitrogens with zero attached hydrogens (tertiary/aromatic N) is 1. The number of nitrogens with one attached hydrogen (secondary N) is 2. The first-order valence-electron chi connectivity index (χ1n) is 5.34. The van der Waals surface area contributed by atoms with E-state index < -0.39 is 30.4 Å². The third-order valence-electron chi connectivity index (χ3n) is 2.26. The van der Waals surface area contributed by atoms with Crippen LogP contribution in [0.15, 0.2) is 5.51 Å². The predicted octanol–water partition coefficient (Wildman–Crippen LogP) is -0.421. The largest absolute Gasteiger partial charge is 0.480 e. The highest BCUT2D eigenvalue weighted by Gasteiger charge is 2.21. The monoisotopic (exact) mass is 286 g/mol. The average Bonchev–Trinajstić information content (AvgIpc) is 2.70. The summed E-state index contributed by atoms with van der Waals surface area (Å²) in [6.45, 7) is 2.05. The van der Waals surface area contributed by atoms with E-state index in [-0.39, 0.29) is 6.54 Å². The molecule has 0 aliphatic heterocycles. The van der Waals surface area contributed by atoms with Gasteiger partial charge in [-0.05, 0) is 6.92 Å². The average molecular weight is 286 g/mol. The fraction of sp³-hybridized carbons (Fsp3) is 0.400. The second-order valence-electron chi connectivity index (χ2n) is 3.75. The van der Waals surface area contributed by atoms with E-state index in [1.807, 2.05) is 0 Å². The normalized spacial score (nSPS) is 11.6. The van der Waals surface area contributed by atoms with E-state index in [4.69, 9.17) is 10.8 Å². The maximum absolute atomic E-state index is 11.5. The third-order valence-corrected chi connectivity index (χ3v) is 3.20. The first-order chi connectivity index (χ1) is 8.90. The van der Waals surface area contributed by atoms with Crippen LogP contribution in [0, 0.1) is 6.92 Å². The summed E-state index contributed by atoms with van der Waals surface area (Å²) in [6.07, 6.45) is -0.456. The molecule has 1 heterocycles. The Hall–Kier alpha value is -2.16. The van der Waals surface area contributed by atoms with Crippen LogP contribution in [0.3, 0.4) is 0 Å². The number of aromatic nitrogens is 1. The summed E-state index contributed by atoms with van der Waals surface area (Å²) in [7, 11) is 0. The van der Waals surface area contributed by atoms with Gasteiger partial charge < -0.3 is 21.5 Å². The van der Waals surface area contributed by atoms with Gasteiger partial charge in [-0.25, -0.2) is 14.6 Å². The minimum atomic E-state index is -1.33. The zero-order valence-electron chi connectivity index (χ0n) is 10.2. The van der Waals surface area contributed by atoms with Crippen LogP contribution in [0.4, 0.5) is 4.79 Å². The van der Waals surface area contributed by atoms with E-state index in [0.717, 1.165) is 10.6 Å². The molecule has 0 aliphatic carbocycles. The number of carbonyl (C=O) groups is 3. The van der Waals surface area contributed by atoms with Gasteiger partial charge in [-0.1, -0.05) is 0 Å². The van der Waals surface area contributed by atoms with Crippen LogP contribution in [-0.2, 0) is 16.1 Å². The molecule has 0 fully saturated rings. The van der Waals surface area contributed by atoms with E-state index in [1.54, 1.807) is 12.4 Å². The van der Waals surface area contributed by atoms with Crippen molar-refractivity contribution >= 4 is 29.2 Å². The van der Waals surface area contributed by atoms with Crippen LogP contribution in [-0.4, -0.2) is 34.0 Å². The van der Waals surface area contributed by atoms with Gasteiger partial charge in [-0.3, -0.25) is 4.79 Å². The Morgan fingerprint density at radius 1 is 1.53 bits per heavy atom. The van der Waals surface area contributed by atoms with Crippen LogP contribution in [0.1, 0.15) is 17.0 Å². The molecule has 1 aromatic rings. The lowest BCUT2D eigenvalue weighted by molar-refractivity contribution is -0.140. The van der Waals surface area contributed by atoms with Crippen molar-refractivity contribution in [2.45, 2.75) is 25.9 Å². The number of nitrogens with two attached hydrogens (primary N) is 1. The molecule has 0 aromatic carbocycles. The number of rotatable bonds is 6. The van der Waals surface area contributed by atoms with Gasteiger partial charge in [-0.15, -0.1) is 11.3 Å². The number of thiazole rings is 1. The van der Waals surface area contributed by atoms with Crippen molar-refractivity contribution in [3.8, 4) is 0 Å². The van der Waals surface area contributed by atoms with Crippen molar-refractivity contribution < 1.29 is 19.5 Å². The molecule has 104 valence electrons. The quantitative estimate of drug-likeness (QED) is 0.563. The molecule has 8 nitrogen and oxygen atoms in total. The number of amides is 3. The molecular formula is C10H14N4O4S. The number of hydrogen-bond acceptors (Lipinski definition) is 5. The zero-order chi connectivity index (χ0) is 14.4. The van der Waals surface area contributed by atoms with Crippen LogP contribution in [0.5, 0.6) is 0 Å². The Morgan fingerprint density at radius 2 is 2.21 bits per heavy atom. The van der Waals surface area contributed by atoms with Gasteiger partial charge in [0.2, 0.25) is 5.91 Å². The van der Waals surface area contributed by atoms with Crippen LogP contribution in [0.2, 0.25) is 0 Å². The van der Waals surface area contributed by atoms with Crippen molar-refractivity contribution in [3.05, 3.63) is 16.1 Å². The van der Waals surface area contributed by atoms with Gasteiger partial charge >= 0.3 is 12.0 Å². The smallest absolute Gasteiger partial charge is 0.326 e. The van der Waals surface area contributed by atoms with Crippen LogP contribution in [0.25, 0.3) is 0 Å². The number of carboxylic acids is 1. The molecule has 3 amide bonds. The van der Waals surface area contributed by atoms with E-state index in [2.05, 4.69) is 15.6 Å².